The third-order valence-corrected chi connectivity index (χ3v) is 4.49. The van der Waals surface area contributed by atoms with Crippen LogP contribution in [0.1, 0.15) is 23.7 Å². The first-order valence-electron chi connectivity index (χ1n) is 5.66. The highest BCUT2D eigenvalue weighted by atomic mass is 32.2. The maximum absolute atomic E-state index is 12.0. The number of rotatable bonds is 6. The average Bonchev–Trinajstić information content (AvgIpc) is 2.35. The molecule has 0 aromatic heterocycles. The lowest BCUT2D eigenvalue weighted by molar-refractivity contribution is 0.101. The molecule has 0 fully saturated rings. The van der Waals surface area contributed by atoms with Crippen molar-refractivity contribution in [2.24, 2.45) is 5.73 Å². The van der Waals surface area contributed by atoms with Crippen molar-refractivity contribution in [3.05, 3.63) is 29.8 Å². The summed E-state index contributed by atoms with van der Waals surface area (Å²) < 4.78 is 25.1. The molecule has 0 aliphatic heterocycles. The van der Waals surface area contributed by atoms with Gasteiger partial charge in [0.1, 0.15) is 0 Å². The summed E-state index contributed by atoms with van der Waals surface area (Å²) in [7, 11) is -1.90. The predicted molar refractivity (Wildman–Crippen MR) is 72.3 cm³/mol. The van der Waals surface area contributed by atoms with Crippen LogP contribution in [-0.4, -0.2) is 33.5 Å². The number of carbonyl (C=O) groups excluding carboxylic acids is 1. The molecular weight excluding hydrogens is 252 g/mol. The molecule has 0 unspecified atom stereocenters. The Morgan fingerprint density at radius 1 is 1.39 bits per heavy atom. The lowest BCUT2D eigenvalue weighted by atomic mass is 10.1. The van der Waals surface area contributed by atoms with Gasteiger partial charge in [0.15, 0.2) is 5.78 Å². The molecule has 1 aromatic rings. The predicted octanol–water partition coefficient (Wildman–Crippen LogP) is 1.00. The Kier molecular flexibility index (Phi) is 4.86. The van der Waals surface area contributed by atoms with E-state index in [-0.39, 0.29) is 11.5 Å². The third kappa shape index (κ3) is 3.54. The number of sulfonamides is 1. The highest BCUT2D eigenvalue weighted by Crippen LogP contribution is 2.18. The molecular formula is C12H18N2O3S. The summed E-state index contributed by atoms with van der Waals surface area (Å²) in [5.74, 6) is -0.0887. The van der Waals surface area contributed by atoms with Gasteiger partial charge in [-0.05, 0) is 32.0 Å². The van der Waals surface area contributed by atoms with Crippen molar-refractivity contribution in [3.63, 3.8) is 0 Å². The van der Waals surface area contributed by atoms with Crippen LogP contribution in [0.2, 0.25) is 0 Å². The summed E-state index contributed by atoms with van der Waals surface area (Å²) in [6.45, 7) is 1.78. The smallest absolute Gasteiger partial charge is 0.234 e. The molecule has 0 saturated carbocycles. The van der Waals surface area contributed by atoms with E-state index in [2.05, 4.69) is 0 Å². The number of hydrogen-bond donors (Lipinski definition) is 1. The SMILES string of the molecule is CC(=O)c1cccc(N(C)S(=O)(=O)CCCN)c1. The molecule has 0 aliphatic rings. The summed E-state index contributed by atoms with van der Waals surface area (Å²) in [5, 5.41) is 0. The van der Waals surface area contributed by atoms with E-state index in [9.17, 15) is 13.2 Å². The van der Waals surface area contributed by atoms with E-state index in [1.165, 1.54) is 18.3 Å². The Balaban J connectivity index is 3.00. The van der Waals surface area contributed by atoms with Gasteiger partial charge in [-0.3, -0.25) is 9.10 Å². The fourth-order valence-corrected chi connectivity index (χ4v) is 2.72. The van der Waals surface area contributed by atoms with Crippen molar-refractivity contribution in [2.75, 3.05) is 23.7 Å². The minimum atomic E-state index is -3.38. The van der Waals surface area contributed by atoms with E-state index in [0.29, 0.717) is 24.2 Å². The van der Waals surface area contributed by atoms with E-state index >= 15 is 0 Å². The van der Waals surface area contributed by atoms with E-state index in [0.717, 1.165) is 0 Å². The lowest BCUT2D eigenvalue weighted by Gasteiger charge is -2.19. The largest absolute Gasteiger partial charge is 0.330 e. The van der Waals surface area contributed by atoms with Crippen molar-refractivity contribution in [1.82, 2.24) is 0 Å². The van der Waals surface area contributed by atoms with Gasteiger partial charge >= 0.3 is 0 Å². The zero-order valence-corrected chi connectivity index (χ0v) is 11.4. The van der Waals surface area contributed by atoms with Crippen molar-refractivity contribution in [1.29, 1.82) is 0 Å². The molecule has 18 heavy (non-hydrogen) atoms. The van der Waals surface area contributed by atoms with E-state index in [1.807, 2.05) is 0 Å². The zero-order chi connectivity index (χ0) is 13.8. The van der Waals surface area contributed by atoms with Gasteiger partial charge in [-0.15, -0.1) is 0 Å². The molecule has 1 aromatic carbocycles. The number of anilines is 1. The van der Waals surface area contributed by atoms with E-state index in [1.54, 1.807) is 24.3 Å². The first-order chi connectivity index (χ1) is 8.38. The van der Waals surface area contributed by atoms with Crippen LogP contribution in [0.3, 0.4) is 0 Å². The summed E-state index contributed by atoms with van der Waals surface area (Å²) in [4.78, 5) is 11.3. The first kappa shape index (κ1) is 14.7. The van der Waals surface area contributed by atoms with Crippen LogP contribution in [0, 0.1) is 0 Å². The Bertz CT molecular complexity index is 526. The highest BCUT2D eigenvalue weighted by molar-refractivity contribution is 7.92. The zero-order valence-electron chi connectivity index (χ0n) is 10.6. The van der Waals surface area contributed by atoms with Crippen LogP contribution in [0.15, 0.2) is 24.3 Å². The van der Waals surface area contributed by atoms with Gasteiger partial charge in [-0.2, -0.15) is 0 Å². The highest BCUT2D eigenvalue weighted by Gasteiger charge is 2.18. The second kappa shape index (κ2) is 5.97. The monoisotopic (exact) mass is 270 g/mol. The van der Waals surface area contributed by atoms with E-state index in [4.69, 9.17) is 5.73 Å². The Morgan fingerprint density at radius 2 is 2.06 bits per heavy atom. The molecule has 0 spiro atoms. The summed E-state index contributed by atoms with van der Waals surface area (Å²) in [6, 6.07) is 6.56. The minimum absolute atomic E-state index is 0.00426. The number of nitrogens with zero attached hydrogens (tertiary/aromatic N) is 1. The van der Waals surface area contributed by atoms with Gasteiger partial charge in [0.2, 0.25) is 10.0 Å². The number of carbonyl (C=O) groups is 1. The number of hydrogen-bond acceptors (Lipinski definition) is 4. The van der Waals surface area contributed by atoms with Gasteiger partial charge < -0.3 is 5.73 Å². The molecule has 0 heterocycles. The maximum atomic E-state index is 12.0. The molecule has 0 bridgehead atoms. The normalized spacial score (nSPS) is 11.3. The van der Waals surface area contributed by atoms with Crippen molar-refractivity contribution < 1.29 is 13.2 Å². The third-order valence-electron chi connectivity index (χ3n) is 2.64. The fourth-order valence-electron chi connectivity index (χ4n) is 1.48. The van der Waals surface area contributed by atoms with Gasteiger partial charge in [0, 0.05) is 12.6 Å². The van der Waals surface area contributed by atoms with E-state index < -0.39 is 10.0 Å². The summed E-state index contributed by atoms with van der Waals surface area (Å²) in [5.41, 5.74) is 6.29. The van der Waals surface area contributed by atoms with Crippen LogP contribution in [-0.2, 0) is 10.0 Å². The molecule has 0 radical (unpaired) electrons. The number of ketones is 1. The minimum Gasteiger partial charge on any atom is -0.330 e. The van der Waals surface area contributed by atoms with Gasteiger partial charge in [-0.25, -0.2) is 8.42 Å². The first-order valence-corrected chi connectivity index (χ1v) is 7.27. The fraction of sp³-hybridized carbons (Fsp3) is 0.417. The molecule has 5 nitrogen and oxygen atoms in total. The molecule has 0 aliphatic carbocycles. The van der Waals surface area contributed by atoms with Crippen LogP contribution in [0.5, 0.6) is 0 Å². The van der Waals surface area contributed by atoms with Crippen molar-refractivity contribution in [2.45, 2.75) is 13.3 Å². The molecule has 0 amide bonds. The summed E-state index contributed by atoms with van der Waals surface area (Å²) >= 11 is 0. The molecule has 0 saturated heterocycles. The molecule has 2 N–H and O–H groups in total. The topological polar surface area (TPSA) is 80.5 Å². The molecule has 100 valence electrons. The standard InChI is InChI=1S/C12H18N2O3S/c1-10(15)11-5-3-6-12(9-11)14(2)18(16,17)8-4-7-13/h3,5-6,9H,4,7-8,13H2,1-2H3. The van der Waals surface area contributed by atoms with Crippen LogP contribution in [0.25, 0.3) is 0 Å². The second-order valence-electron chi connectivity index (χ2n) is 4.03. The second-order valence-corrected chi connectivity index (χ2v) is 6.15. The maximum Gasteiger partial charge on any atom is 0.234 e. The van der Waals surface area contributed by atoms with Crippen molar-refractivity contribution >= 4 is 21.5 Å². The van der Waals surface area contributed by atoms with Gasteiger partial charge in [0.05, 0.1) is 11.4 Å². The van der Waals surface area contributed by atoms with Crippen molar-refractivity contribution in [3.8, 4) is 0 Å². The number of Topliss-reactive ketones (excluding diaryl/α,β-unsaturated/α-hetero) is 1. The average molecular weight is 270 g/mol. The van der Waals surface area contributed by atoms with Gasteiger partial charge in [-0.1, -0.05) is 12.1 Å². The summed E-state index contributed by atoms with van der Waals surface area (Å²) in [6.07, 6.45) is 0.416. The van der Waals surface area contributed by atoms with Crippen LogP contribution in [0.4, 0.5) is 5.69 Å². The van der Waals surface area contributed by atoms with Crippen LogP contribution >= 0.6 is 0 Å². The molecule has 6 heteroatoms. The molecule has 0 atom stereocenters. The Morgan fingerprint density at radius 3 is 2.61 bits per heavy atom. The van der Waals surface area contributed by atoms with Gasteiger partial charge in [0.25, 0.3) is 0 Å². The lowest BCUT2D eigenvalue weighted by Crippen LogP contribution is -2.30. The molecule has 1 rings (SSSR count). The Labute approximate surface area is 108 Å². The number of nitrogens with two attached hydrogens (primary N) is 1. The van der Waals surface area contributed by atoms with Crippen LogP contribution < -0.4 is 10.0 Å². The Hall–Kier alpha value is -1.40. The number of benzene rings is 1. The quantitative estimate of drug-likeness (QED) is 0.782.